The highest BCUT2D eigenvalue weighted by Gasteiger charge is 2.23. The number of aryl methyl sites for hydroxylation is 1. The fourth-order valence-corrected chi connectivity index (χ4v) is 1.68. The Labute approximate surface area is 79.7 Å². The van der Waals surface area contributed by atoms with Crippen molar-refractivity contribution < 1.29 is 4.74 Å². The molecule has 0 aromatic heterocycles. The molecule has 0 N–H and O–H groups in total. The highest BCUT2D eigenvalue weighted by molar-refractivity contribution is 5.37. The van der Waals surface area contributed by atoms with Crippen LogP contribution in [0.5, 0.6) is 5.75 Å². The predicted molar refractivity (Wildman–Crippen MR) is 54.3 cm³/mol. The lowest BCUT2D eigenvalue weighted by molar-refractivity contribution is 0.339. The summed E-state index contributed by atoms with van der Waals surface area (Å²) in [6.07, 6.45) is 2.71. The fourth-order valence-electron chi connectivity index (χ4n) is 1.68. The van der Waals surface area contributed by atoms with E-state index in [1.807, 2.05) is 6.92 Å². The van der Waals surface area contributed by atoms with Crippen LogP contribution in [0.15, 0.2) is 18.2 Å². The second-order valence-electron chi connectivity index (χ2n) is 3.79. The predicted octanol–water partition coefficient (Wildman–Crippen LogP) is 3.27. The zero-order valence-electron chi connectivity index (χ0n) is 8.34. The molecule has 1 aliphatic carbocycles. The first-order valence-corrected chi connectivity index (χ1v) is 5.04. The van der Waals surface area contributed by atoms with Crippen LogP contribution in [-0.2, 0) is 0 Å². The van der Waals surface area contributed by atoms with Crippen molar-refractivity contribution in [2.45, 2.75) is 32.6 Å². The van der Waals surface area contributed by atoms with E-state index in [4.69, 9.17) is 4.74 Å². The van der Waals surface area contributed by atoms with Crippen molar-refractivity contribution in [1.29, 1.82) is 0 Å². The molecular weight excluding hydrogens is 160 g/mol. The molecule has 0 bridgehead atoms. The number of benzene rings is 1. The molecule has 0 radical (unpaired) electrons. The van der Waals surface area contributed by atoms with Gasteiger partial charge in [0.25, 0.3) is 0 Å². The van der Waals surface area contributed by atoms with Gasteiger partial charge in [0.2, 0.25) is 0 Å². The molecule has 1 nitrogen and oxygen atoms in total. The van der Waals surface area contributed by atoms with Gasteiger partial charge in [0.15, 0.2) is 0 Å². The molecule has 1 aromatic rings. The molecule has 0 heterocycles. The normalized spacial score (nSPS) is 15.8. The van der Waals surface area contributed by atoms with Gasteiger partial charge in [-0.25, -0.2) is 0 Å². The largest absolute Gasteiger partial charge is 0.494 e. The van der Waals surface area contributed by atoms with Crippen molar-refractivity contribution in [2.24, 2.45) is 0 Å². The SMILES string of the molecule is CCOc1cc(C)cc(C2CC2)c1. The molecule has 1 heteroatoms. The topological polar surface area (TPSA) is 9.23 Å². The summed E-state index contributed by atoms with van der Waals surface area (Å²) >= 11 is 0. The average Bonchev–Trinajstić information content (AvgIpc) is 2.85. The molecular formula is C12H16O. The van der Waals surface area contributed by atoms with E-state index in [0.29, 0.717) is 0 Å². The molecule has 1 saturated carbocycles. The second kappa shape index (κ2) is 3.41. The minimum absolute atomic E-state index is 0.758. The molecule has 0 unspecified atom stereocenters. The van der Waals surface area contributed by atoms with E-state index < -0.39 is 0 Å². The molecule has 0 amide bonds. The maximum atomic E-state index is 5.51. The summed E-state index contributed by atoms with van der Waals surface area (Å²) in [4.78, 5) is 0. The highest BCUT2D eigenvalue weighted by Crippen LogP contribution is 2.41. The van der Waals surface area contributed by atoms with Gasteiger partial charge in [0.05, 0.1) is 6.61 Å². The fraction of sp³-hybridized carbons (Fsp3) is 0.500. The number of hydrogen-bond acceptors (Lipinski definition) is 1. The van der Waals surface area contributed by atoms with Crippen LogP contribution >= 0.6 is 0 Å². The highest BCUT2D eigenvalue weighted by atomic mass is 16.5. The smallest absolute Gasteiger partial charge is 0.119 e. The summed E-state index contributed by atoms with van der Waals surface area (Å²) in [5.41, 5.74) is 2.77. The first kappa shape index (κ1) is 8.61. The van der Waals surface area contributed by atoms with Crippen molar-refractivity contribution in [3.05, 3.63) is 29.3 Å². The summed E-state index contributed by atoms with van der Waals surface area (Å²) in [6.45, 7) is 4.92. The zero-order chi connectivity index (χ0) is 9.26. The third-order valence-electron chi connectivity index (χ3n) is 2.43. The lowest BCUT2D eigenvalue weighted by Crippen LogP contribution is -1.93. The zero-order valence-corrected chi connectivity index (χ0v) is 8.34. The molecule has 1 aliphatic rings. The lowest BCUT2D eigenvalue weighted by Gasteiger charge is -2.07. The van der Waals surface area contributed by atoms with E-state index in [9.17, 15) is 0 Å². The molecule has 1 aromatic carbocycles. The van der Waals surface area contributed by atoms with Crippen molar-refractivity contribution in [1.82, 2.24) is 0 Å². The monoisotopic (exact) mass is 176 g/mol. The van der Waals surface area contributed by atoms with Crippen LogP contribution in [0.25, 0.3) is 0 Å². The van der Waals surface area contributed by atoms with Gasteiger partial charge in [-0.3, -0.25) is 0 Å². The van der Waals surface area contributed by atoms with E-state index in [0.717, 1.165) is 18.3 Å². The van der Waals surface area contributed by atoms with Crippen LogP contribution in [0.4, 0.5) is 0 Å². The third-order valence-corrected chi connectivity index (χ3v) is 2.43. The summed E-state index contributed by atoms with van der Waals surface area (Å²) in [7, 11) is 0. The van der Waals surface area contributed by atoms with E-state index in [-0.39, 0.29) is 0 Å². The van der Waals surface area contributed by atoms with Crippen molar-refractivity contribution in [2.75, 3.05) is 6.61 Å². The van der Waals surface area contributed by atoms with Gasteiger partial charge in [0, 0.05) is 0 Å². The maximum Gasteiger partial charge on any atom is 0.119 e. The molecule has 2 rings (SSSR count). The first-order valence-electron chi connectivity index (χ1n) is 5.04. The van der Waals surface area contributed by atoms with Crippen molar-refractivity contribution in [3.63, 3.8) is 0 Å². The van der Waals surface area contributed by atoms with Crippen molar-refractivity contribution in [3.8, 4) is 5.75 Å². The lowest BCUT2D eigenvalue weighted by atomic mass is 10.1. The van der Waals surface area contributed by atoms with Crippen LogP contribution in [0.1, 0.15) is 36.8 Å². The summed E-state index contributed by atoms with van der Waals surface area (Å²) in [5, 5.41) is 0. The standard InChI is InChI=1S/C12H16O/c1-3-13-12-7-9(2)6-11(8-12)10-4-5-10/h6-8,10H,3-5H2,1-2H3. The van der Waals surface area contributed by atoms with Gasteiger partial charge in [-0.05, 0) is 55.9 Å². The van der Waals surface area contributed by atoms with E-state index in [1.165, 1.54) is 24.0 Å². The Bertz CT molecular complexity index is 300. The molecule has 1 fully saturated rings. The van der Waals surface area contributed by atoms with Gasteiger partial charge < -0.3 is 4.74 Å². The van der Waals surface area contributed by atoms with Crippen LogP contribution in [-0.4, -0.2) is 6.61 Å². The molecule has 0 atom stereocenters. The Hall–Kier alpha value is -0.980. The molecule has 13 heavy (non-hydrogen) atoms. The molecule has 0 spiro atoms. The molecule has 0 saturated heterocycles. The third kappa shape index (κ3) is 2.03. The first-order chi connectivity index (χ1) is 6.29. The Kier molecular flexibility index (Phi) is 2.26. The molecule has 70 valence electrons. The quantitative estimate of drug-likeness (QED) is 0.686. The number of hydrogen-bond donors (Lipinski definition) is 0. The van der Waals surface area contributed by atoms with E-state index in [1.54, 1.807) is 0 Å². The van der Waals surface area contributed by atoms with Crippen LogP contribution in [0, 0.1) is 6.92 Å². The van der Waals surface area contributed by atoms with Crippen LogP contribution in [0.3, 0.4) is 0 Å². The summed E-state index contributed by atoms with van der Waals surface area (Å²) in [6, 6.07) is 6.57. The summed E-state index contributed by atoms with van der Waals surface area (Å²) < 4.78 is 5.51. The Balaban J connectivity index is 2.25. The van der Waals surface area contributed by atoms with Gasteiger partial charge in [-0.2, -0.15) is 0 Å². The van der Waals surface area contributed by atoms with Gasteiger partial charge in [0.1, 0.15) is 5.75 Å². The average molecular weight is 176 g/mol. The number of ether oxygens (including phenoxy) is 1. The maximum absolute atomic E-state index is 5.51. The second-order valence-corrected chi connectivity index (χ2v) is 3.79. The van der Waals surface area contributed by atoms with Crippen LogP contribution in [0.2, 0.25) is 0 Å². The van der Waals surface area contributed by atoms with Gasteiger partial charge in [-0.15, -0.1) is 0 Å². The Morgan fingerprint density at radius 3 is 2.69 bits per heavy atom. The minimum Gasteiger partial charge on any atom is -0.494 e. The van der Waals surface area contributed by atoms with Gasteiger partial charge in [-0.1, -0.05) is 6.07 Å². The minimum atomic E-state index is 0.758. The molecule has 0 aliphatic heterocycles. The van der Waals surface area contributed by atoms with Crippen molar-refractivity contribution >= 4 is 0 Å². The summed E-state index contributed by atoms with van der Waals surface area (Å²) in [5.74, 6) is 1.85. The number of rotatable bonds is 3. The van der Waals surface area contributed by atoms with E-state index in [2.05, 4.69) is 25.1 Å². The van der Waals surface area contributed by atoms with Gasteiger partial charge >= 0.3 is 0 Å². The Morgan fingerprint density at radius 2 is 2.08 bits per heavy atom. The van der Waals surface area contributed by atoms with E-state index >= 15 is 0 Å². The van der Waals surface area contributed by atoms with Crippen LogP contribution < -0.4 is 4.74 Å². The Morgan fingerprint density at radius 1 is 1.31 bits per heavy atom.